The molecule has 0 saturated heterocycles. The van der Waals surface area contributed by atoms with Gasteiger partial charge in [0.15, 0.2) is 0 Å². The number of aliphatic carboxylic acids is 2. The second-order valence-corrected chi connectivity index (χ2v) is 4.57. The average molecular weight is 260 g/mol. The number of nitrogens with two attached hydrogens (primary N) is 1. The molecule has 0 aromatic heterocycles. The highest BCUT2D eigenvalue weighted by Crippen LogP contribution is 2.05. The number of carboxylic acid groups (broad SMARTS) is 2. The van der Waals surface area contributed by atoms with Crippen LogP contribution in [0.3, 0.4) is 0 Å². The van der Waals surface area contributed by atoms with Crippen LogP contribution in [-0.2, 0) is 14.4 Å². The standard InChI is InChI=1S/C11H20N2O5/c1-6(2)5-8(11(17)18)13-9(14)4-3-7(12)10(15)16/h6-8H,3-5,12H2,1-2H3,(H,13,14)(H,15,16)(H,17,18)/t7-,8+/m0/s1. The van der Waals surface area contributed by atoms with Crippen molar-refractivity contribution in [3.05, 3.63) is 0 Å². The lowest BCUT2D eigenvalue weighted by molar-refractivity contribution is -0.142. The van der Waals surface area contributed by atoms with Gasteiger partial charge in [0.05, 0.1) is 0 Å². The number of carbonyl (C=O) groups is 3. The Balaban J connectivity index is 4.18. The number of carboxylic acids is 2. The third kappa shape index (κ3) is 6.85. The van der Waals surface area contributed by atoms with Crippen LogP contribution in [0.15, 0.2) is 0 Å². The van der Waals surface area contributed by atoms with Crippen molar-refractivity contribution in [1.82, 2.24) is 5.32 Å². The maximum Gasteiger partial charge on any atom is 0.326 e. The van der Waals surface area contributed by atoms with E-state index in [1.54, 1.807) is 0 Å². The summed E-state index contributed by atoms with van der Waals surface area (Å²) in [5.41, 5.74) is 5.24. The van der Waals surface area contributed by atoms with Gasteiger partial charge in [-0.05, 0) is 18.8 Å². The summed E-state index contributed by atoms with van der Waals surface area (Å²) in [5, 5.41) is 19.8. The quantitative estimate of drug-likeness (QED) is 0.478. The van der Waals surface area contributed by atoms with Crippen molar-refractivity contribution in [3.8, 4) is 0 Å². The summed E-state index contributed by atoms with van der Waals surface area (Å²) >= 11 is 0. The molecule has 0 aromatic rings. The fraction of sp³-hybridized carbons (Fsp3) is 0.727. The minimum atomic E-state index is -1.18. The first-order valence-electron chi connectivity index (χ1n) is 5.74. The summed E-state index contributed by atoms with van der Waals surface area (Å²) in [4.78, 5) is 32.8. The Morgan fingerprint density at radius 2 is 1.72 bits per heavy atom. The van der Waals surface area contributed by atoms with E-state index in [9.17, 15) is 14.4 Å². The summed E-state index contributed by atoms with van der Waals surface area (Å²) in [5.74, 6) is -2.65. The molecular formula is C11H20N2O5. The first kappa shape index (κ1) is 16.4. The van der Waals surface area contributed by atoms with Crippen LogP contribution in [0.5, 0.6) is 0 Å². The summed E-state index contributed by atoms with van der Waals surface area (Å²) in [6.07, 6.45) is 0.205. The highest BCUT2D eigenvalue weighted by atomic mass is 16.4. The molecule has 1 amide bonds. The van der Waals surface area contributed by atoms with E-state index in [2.05, 4.69) is 5.32 Å². The molecule has 0 rings (SSSR count). The van der Waals surface area contributed by atoms with Crippen LogP contribution in [0, 0.1) is 5.92 Å². The van der Waals surface area contributed by atoms with Crippen molar-refractivity contribution in [1.29, 1.82) is 0 Å². The third-order valence-electron chi connectivity index (χ3n) is 2.34. The Labute approximate surface area is 105 Å². The van der Waals surface area contributed by atoms with Gasteiger partial charge in [-0.15, -0.1) is 0 Å². The van der Waals surface area contributed by atoms with E-state index in [-0.39, 0.29) is 18.8 Å². The maximum absolute atomic E-state index is 11.4. The highest BCUT2D eigenvalue weighted by Gasteiger charge is 2.21. The minimum Gasteiger partial charge on any atom is -0.480 e. The lowest BCUT2D eigenvalue weighted by atomic mass is 10.0. The Morgan fingerprint density at radius 3 is 2.11 bits per heavy atom. The van der Waals surface area contributed by atoms with Gasteiger partial charge in [0, 0.05) is 6.42 Å². The molecule has 0 spiro atoms. The van der Waals surface area contributed by atoms with Crippen LogP contribution < -0.4 is 11.1 Å². The number of amides is 1. The van der Waals surface area contributed by atoms with Gasteiger partial charge >= 0.3 is 11.9 Å². The number of hydrogen-bond acceptors (Lipinski definition) is 4. The van der Waals surface area contributed by atoms with Gasteiger partial charge in [-0.25, -0.2) is 4.79 Å². The fourth-order valence-corrected chi connectivity index (χ4v) is 1.37. The molecule has 0 unspecified atom stereocenters. The van der Waals surface area contributed by atoms with E-state index in [4.69, 9.17) is 15.9 Å². The molecular weight excluding hydrogens is 240 g/mol. The van der Waals surface area contributed by atoms with Gasteiger partial charge in [-0.3, -0.25) is 9.59 Å². The fourth-order valence-electron chi connectivity index (χ4n) is 1.37. The first-order chi connectivity index (χ1) is 8.23. The monoisotopic (exact) mass is 260 g/mol. The molecule has 0 aliphatic rings. The molecule has 0 aliphatic carbocycles. The SMILES string of the molecule is CC(C)C[C@@H](NC(=O)CC[C@H](N)C(=O)O)C(=O)O. The van der Waals surface area contributed by atoms with Crippen LogP contribution in [-0.4, -0.2) is 40.1 Å². The molecule has 2 atom stereocenters. The average Bonchev–Trinajstić information content (AvgIpc) is 2.23. The summed E-state index contributed by atoms with van der Waals surface area (Å²) in [7, 11) is 0. The van der Waals surface area contributed by atoms with Crippen LogP contribution in [0.4, 0.5) is 0 Å². The molecule has 104 valence electrons. The van der Waals surface area contributed by atoms with Crippen molar-refractivity contribution in [2.75, 3.05) is 0 Å². The first-order valence-corrected chi connectivity index (χ1v) is 5.74. The normalized spacial score (nSPS) is 14.0. The second-order valence-electron chi connectivity index (χ2n) is 4.57. The molecule has 0 fully saturated rings. The van der Waals surface area contributed by atoms with Gasteiger partial charge in [0.25, 0.3) is 0 Å². The van der Waals surface area contributed by atoms with E-state index in [0.29, 0.717) is 6.42 Å². The van der Waals surface area contributed by atoms with Crippen molar-refractivity contribution in [2.45, 2.75) is 45.2 Å². The lowest BCUT2D eigenvalue weighted by Crippen LogP contribution is -2.42. The lowest BCUT2D eigenvalue weighted by Gasteiger charge is -2.16. The van der Waals surface area contributed by atoms with Crippen molar-refractivity contribution >= 4 is 17.8 Å². The predicted octanol–water partition coefficient (Wildman–Crippen LogP) is -0.206. The van der Waals surface area contributed by atoms with Gasteiger partial charge in [-0.1, -0.05) is 13.8 Å². The largest absolute Gasteiger partial charge is 0.480 e. The number of nitrogens with one attached hydrogen (secondary N) is 1. The summed E-state index contributed by atoms with van der Waals surface area (Å²) in [6, 6.07) is -2.05. The molecule has 7 nitrogen and oxygen atoms in total. The zero-order valence-electron chi connectivity index (χ0n) is 10.5. The van der Waals surface area contributed by atoms with Crippen LogP contribution in [0.1, 0.15) is 33.1 Å². The molecule has 5 N–H and O–H groups in total. The molecule has 0 radical (unpaired) electrons. The third-order valence-corrected chi connectivity index (χ3v) is 2.34. The molecule has 0 heterocycles. The number of rotatable bonds is 8. The zero-order valence-corrected chi connectivity index (χ0v) is 10.5. The zero-order chi connectivity index (χ0) is 14.3. The van der Waals surface area contributed by atoms with Gasteiger partial charge in [0.1, 0.15) is 12.1 Å². The number of hydrogen-bond donors (Lipinski definition) is 4. The molecule has 0 aliphatic heterocycles. The van der Waals surface area contributed by atoms with Gasteiger partial charge in [0.2, 0.25) is 5.91 Å². The Bertz CT molecular complexity index is 317. The van der Waals surface area contributed by atoms with Crippen LogP contribution in [0.2, 0.25) is 0 Å². The van der Waals surface area contributed by atoms with E-state index in [1.165, 1.54) is 0 Å². The Kier molecular flexibility index (Phi) is 6.96. The highest BCUT2D eigenvalue weighted by molar-refractivity contribution is 5.84. The van der Waals surface area contributed by atoms with Crippen LogP contribution >= 0.6 is 0 Å². The molecule has 18 heavy (non-hydrogen) atoms. The molecule has 7 heteroatoms. The molecule has 0 bridgehead atoms. The van der Waals surface area contributed by atoms with Crippen LogP contribution in [0.25, 0.3) is 0 Å². The summed E-state index contributed by atoms with van der Waals surface area (Å²) < 4.78 is 0. The van der Waals surface area contributed by atoms with E-state index in [0.717, 1.165) is 0 Å². The smallest absolute Gasteiger partial charge is 0.326 e. The van der Waals surface area contributed by atoms with E-state index in [1.807, 2.05) is 13.8 Å². The van der Waals surface area contributed by atoms with Crippen molar-refractivity contribution in [3.63, 3.8) is 0 Å². The predicted molar refractivity (Wildman–Crippen MR) is 63.9 cm³/mol. The van der Waals surface area contributed by atoms with Crippen molar-refractivity contribution in [2.24, 2.45) is 11.7 Å². The van der Waals surface area contributed by atoms with Gasteiger partial charge in [-0.2, -0.15) is 0 Å². The Morgan fingerprint density at radius 1 is 1.17 bits per heavy atom. The van der Waals surface area contributed by atoms with E-state index < -0.39 is 29.9 Å². The minimum absolute atomic E-state index is 0.0187. The number of carbonyl (C=O) groups excluding carboxylic acids is 1. The molecule has 0 saturated carbocycles. The molecule has 0 aromatic carbocycles. The maximum atomic E-state index is 11.4. The Hall–Kier alpha value is -1.63. The topological polar surface area (TPSA) is 130 Å². The summed E-state index contributed by atoms with van der Waals surface area (Å²) in [6.45, 7) is 3.70. The second kappa shape index (κ2) is 7.65. The van der Waals surface area contributed by atoms with Crippen molar-refractivity contribution < 1.29 is 24.6 Å². The van der Waals surface area contributed by atoms with E-state index >= 15 is 0 Å². The van der Waals surface area contributed by atoms with Gasteiger partial charge < -0.3 is 21.3 Å².